The minimum atomic E-state index is -4.38. The van der Waals surface area contributed by atoms with Crippen molar-refractivity contribution in [2.45, 2.75) is 44.9 Å². The number of aryl methyl sites for hydroxylation is 1. The van der Waals surface area contributed by atoms with E-state index in [-0.39, 0.29) is 17.8 Å². The van der Waals surface area contributed by atoms with E-state index in [1.165, 1.54) is 0 Å². The van der Waals surface area contributed by atoms with Crippen LogP contribution in [0.15, 0.2) is 23.2 Å². The van der Waals surface area contributed by atoms with Crippen LogP contribution >= 0.6 is 0 Å². The Hall–Kier alpha value is -2.00. The van der Waals surface area contributed by atoms with Crippen molar-refractivity contribution in [1.29, 1.82) is 0 Å². The second-order valence-electron chi connectivity index (χ2n) is 7.79. The van der Waals surface area contributed by atoms with Crippen molar-refractivity contribution < 1.29 is 22.6 Å². The van der Waals surface area contributed by atoms with Gasteiger partial charge in [-0.05, 0) is 52.4 Å². The summed E-state index contributed by atoms with van der Waals surface area (Å²) in [7, 11) is 4.13. The monoisotopic (exact) mass is 430 g/mol. The highest BCUT2D eigenvalue weighted by molar-refractivity contribution is 5.79. The molecule has 2 rings (SSSR count). The van der Waals surface area contributed by atoms with E-state index in [1.807, 2.05) is 19.9 Å². The van der Waals surface area contributed by atoms with Crippen LogP contribution in [0.2, 0.25) is 0 Å². The van der Waals surface area contributed by atoms with Crippen molar-refractivity contribution in [3.8, 4) is 5.75 Å². The Morgan fingerprint density at radius 2 is 1.93 bits per heavy atom. The lowest BCUT2D eigenvalue weighted by molar-refractivity contribution is -0.153. The molecule has 0 bridgehead atoms. The van der Waals surface area contributed by atoms with Gasteiger partial charge < -0.3 is 25.0 Å². The number of likely N-dealkylation sites (N-methyl/N-ethyl adjacent to an activating group) is 1. The van der Waals surface area contributed by atoms with Crippen LogP contribution in [0.4, 0.5) is 13.2 Å². The Morgan fingerprint density at radius 3 is 2.53 bits per heavy atom. The van der Waals surface area contributed by atoms with Crippen LogP contribution in [-0.4, -0.2) is 69.6 Å². The lowest BCUT2D eigenvalue weighted by Crippen LogP contribution is -2.57. The molecular weight excluding hydrogens is 397 g/mol. The molecule has 0 saturated carbocycles. The number of nitrogens with zero attached hydrogens (tertiary/aromatic N) is 2. The third-order valence-electron chi connectivity index (χ3n) is 5.32. The standard InChI is InChI=1S/C21H33F3N4O2/c1-5-25-19(27-14-20(28(3)4)8-10-29-11-9-20)26-13-17-7-6-16(2)12-18(17)30-15-21(22,23)24/h6-7,12H,5,8-11,13-15H2,1-4H3,(H2,25,26,27). The molecule has 1 fully saturated rings. The maximum absolute atomic E-state index is 12.6. The summed E-state index contributed by atoms with van der Waals surface area (Å²) in [6.07, 6.45) is -2.55. The molecule has 1 aromatic carbocycles. The maximum Gasteiger partial charge on any atom is 0.422 e. The number of hydrogen-bond acceptors (Lipinski definition) is 4. The summed E-state index contributed by atoms with van der Waals surface area (Å²) in [5, 5.41) is 6.59. The summed E-state index contributed by atoms with van der Waals surface area (Å²) >= 11 is 0. The van der Waals surface area contributed by atoms with Gasteiger partial charge >= 0.3 is 6.18 Å². The Bertz CT molecular complexity index is 702. The van der Waals surface area contributed by atoms with E-state index < -0.39 is 12.8 Å². The van der Waals surface area contributed by atoms with Crippen LogP contribution in [0.5, 0.6) is 5.75 Å². The highest BCUT2D eigenvalue weighted by Crippen LogP contribution is 2.26. The van der Waals surface area contributed by atoms with Crippen LogP contribution in [0, 0.1) is 6.92 Å². The molecule has 0 aliphatic carbocycles. The zero-order chi connectivity index (χ0) is 22.2. The zero-order valence-electron chi connectivity index (χ0n) is 18.2. The molecule has 1 aliphatic rings. The second-order valence-corrected chi connectivity index (χ2v) is 7.79. The van der Waals surface area contributed by atoms with Crippen molar-refractivity contribution in [3.05, 3.63) is 29.3 Å². The van der Waals surface area contributed by atoms with Gasteiger partial charge in [-0.3, -0.25) is 0 Å². The van der Waals surface area contributed by atoms with Crippen LogP contribution in [0.1, 0.15) is 30.9 Å². The van der Waals surface area contributed by atoms with Gasteiger partial charge in [0.05, 0.1) is 6.54 Å². The minimum absolute atomic E-state index is 0.0285. The SMILES string of the molecule is CCNC(=NCc1ccc(C)cc1OCC(F)(F)F)NCC1(N(C)C)CCOCC1. The third-order valence-corrected chi connectivity index (χ3v) is 5.32. The van der Waals surface area contributed by atoms with Gasteiger partial charge in [-0.1, -0.05) is 12.1 Å². The topological polar surface area (TPSA) is 58.1 Å². The summed E-state index contributed by atoms with van der Waals surface area (Å²) in [6, 6.07) is 5.21. The minimum Gasteiger partial charge on any atom is -0.484 e. The van der Waals surface area contributed by atoms with Gasteiger partial charge in [0.2, 0.25) is 0 Å². The molecule has 0 atom stereocenters. The highest BCUT2D eigenvalue weighted by Gasteiger charge is 2.34. The van der Waals surface area contributed by atoms with Crippen LogP contribution in [0.3, 0.4) is 0 Å². The van der Waals surface area contributed by atoms with Crippen molar-refractivity contribution in [2.75, 3.05) is 47.0 Å². The van der Waals surface area contributed by atoms with Gasteiger partial charge in [-0.15, -0.1) is 0 Å². The molecule has 30 heavy (non-hydrogen) atoms. The van der Waals surface area contributed by atoms with Gasteiger partial charge in [0.15, 0.2) is 12.6 Å². The van der Waals surface area contributed by atoms with Crippen LogP contribution in [0.25, 0.3) is 0 Å². The summed E-state index contributed by atoms with van der Waals surface area (Å²) in [6.45, 7) is 5.48. The summed E-state index contributed by atoms with van der Waals surface area (Å²) < 4.78 is 48.3. The smallest absolute Gasteiger partial charge is 0.422 e. The van der Waals surface area contributed by atoms with Gasteiger partial charge in [-0.25, -0.2) is 4.99 Å². The Morgan fingerprint density at radius 1 is 1.23 bits per heavy atom. The van der Waals surface area contributed by atoms with E-state index in [9.17, 15) is 13.2 Å². The number of alkyl halides is 3. The van der Waals surface area contributed by atoms with Crippen molar-refractivity contribution in [2.24, 2.45) is 4.99 Å². The quantitative estimate of drug-likeness (QED) is 0.490. The van der Waals surface area contributed by atoms with Gasteiger partial charge in [0.25, 0.3) is 0 Å². The Balaban J connectivity index is 2.10. The first kappa shape index (κ1) is 24.3. The first-order chi connectivity index (χ1) is 14.1. The lowest BCUT2D eigenvalue weighted by atomic mass is 9.88. The first-order valence-corrected chi connectivity index (χ1v) is 10.2. The molecule has 0 spiro atoms. The number of halogens is 3. The van der Waals surface area contributed by atoms with E-state index in [0.29, 0.717) is 24.6 Å². The highest BCUT2D eigenvalue weighted by atomic mass is 19.4. The lowest BCUT2D eigenvalue weighted by Gasteiger charge is -2.43. The molecule has 6 nitrogen and oxygen atoms in total. The fraction of sp³-hybridized carbons (Fsp3) is 0.667. The fourth-order valence-corrected chi connectivity index (χ4v) is 3.37. The molecular formula is C21H33F3N4O2. The summed E-state index contributed by atoms with van der Waals surface area (Å²) in [4.78, 5) is 6.79. The molecule has 0 amide bonds. The van der Waals surface area contributed by atoms with Crippen molar-refractivity contribution in [3.63, 3.8) is 0 Å². The van der Waals surface area contributed by atoms with E-state index in [1.54, 1.807) is 12.1 Å². The third kappa shape index (κ3) is 7.36. The van der Waals surface area contributed by atoms with Gasteiger partial charge in [-0.2, -0.15) is 13.2 Å². The number of rotatable bonds is 8. The average Bonchev–Trinajstić information content (AvgIpc) is 2.69. The van der Waals surface area contributed by atoms with Crippen molar-refractivity contribution >= 4 is 5.96 Å². The van der Waals surface area contributed by atoms with E-state index >= 15 is 0 Å². The second kappa shape index (κ2) is 10.9. The predicted octanol–water partition coefficient (Wildman–Crippen LogP) is 3.10. The number of hydrogen-bond donors (Lipinski definition) is 2. The first-order valence-electron chi connectivity index (χ1n) is 10.2. The molecule has 170 valence electrons. The molecule has 0 unspecified atom stereocenters. The molecule has 2 N–H and O–H groups in total. The van der Waals surface area contributed by atoms with E-state index in [4.69, 9.17) is 9.47 Å². The fourth-order valence-electron chi connectivity index (χ4n) is 3.37. The molecule has 0 radical (unpaired) electrons. The number of aliphatic imine (C=N–C) groups is 1. The van der Waals surface area contributed by atoms with Gasteiger partial charge in [0, 0.05) is 37.4 Å². The summed E-state index contributed by atoms with van der Waals surface area (Å²) in [5.41, 5.74) is 1.41. The Labute approximate surface area is 176 Å². The maximum atomic E-state index is 12.6. The van der Waals surface area contributed by atoms with Crippen LogP contribution in [-0.2, 0) is 11.3 Å². The van der Waals surface area contributed by atoms with Crippen LogP contribution < -0.4 is 15.4 Å². The van der Waals surface area contributed by atoms with Crippen molar-refractivity contribution in [1.82, 2.24) is 15.5 Å². The van der Waals surface area contributed by atoms with E-state index in [0.717, 1.165) is 31.6 Å². The number of nitrogens with one attached hydrogen (secondary N) is 2. The molecule has 0 aromatic heterocycles. The van der Waals surface area contributed by atoms with E-state index in [2.05, 4.69) is 34.6 Å². The normalized spacial score (nSPS) is 17.1. The molecule has 1 heterocycles. The predicted molar refractivity (Wildman–Crippen MR) is 112 cm³/mol. The largest absolute Gasteiger partial charge is 0.484 e. The molecule has 1 aliphatic heterocycles. The zero-order valence-corrected chi connectivity index (χ0v) is 18.2. The average molecular weight is 431 g/mol. The molecule has 1 aromatic rings. The summed E-state index contributed by atoms with van der Waals surface area (Å²) in [5.74, 6) is 0.827. The molecule has 1 saturated heterocycles. The number of benzene rings is 1. The number of guanidine groups is 1. The van der Waals surface area contributed by atoms with Gasteiger partial charge in [0.1, 0.15) is 5.75 Å². The number of ether oxygens (including phenoxy) is 2. The molecule has 9 heteroatoms. The Kier molecular flexibility index (Phi) is 8.78.